The molecule has 0 spiro atoms. The van der Waals surface area contributed by atoms with Crippen LogP contribution in [0.5, 0.6) is 0 Å². The maximum Gasteiger partial charge on any atom is 0.224 e. The number of hydrogen-bond donors (Lipinski definition) is 2. The number of amides is 1. The van der Waals surface area contributed by atoms with Crippen LogP contribution in [0.25, 0.3) is 10.9 Å². The summed E-state index contributed by atoms with van der Waals surface area (Å²) >= 11 is 6.00. The molecular formula is C16H14ClN3O. The summed E-state index contributed by atoms with van der Waals surface area (Å²) in [6, 6.07) is 11.2. The normalized spacial score (nSPS) is 10.7. The first-order chi connectivity index (χ1) is 10.2. The molecule has 3 aromatic rings. The SMILES string of the molecule is O=C(Cc1c[nH]c2ccc(Cl)cc12)NCc1ccccn1. The van der Waals surface area contributed by atoms with Gasteiger partial charge in [-0.15, -0.1) is 0 Å². The van der Waals surface area contributed by atoms with E-state index >= 15 is 0 Å². The number of benzene rings is 1. The van der Waals surface area contributed by atoms with Gasteiger partial charge in [-0.2, -0.15) is 0 Å². The monoisotopic (exact) mass is 299 g/mol. The molecule has 1 aromatic carbocycles. The minimum absolute atomic E-state index is 0.0403. The summed E-state index contributed by atoms with van der Waals surface area (Å²) in [5.74, 6) is -0.0403. The van der Waals surface area contributed by atoms with Gasteiger partial charge in [0.15, 0.2) is 0 Å². The Balaban J connectivity index is 1.67. The van der Waals surface area contributed by atoms with Crippen molar-refractivity contribution in [2.45, 2.75) is 13.0 Å². The number of nitrogens with one attached hydrogen (secondary N) is 2. The molecule has 4 nitrogen and oxygen atoms in total. The van der Waals surface area contributed by atoms with Crippen molar-refractivity contribution in [1.29, 1.82) is 0 Å². The molecule has 2 heterocycles. The van der Waals surface area contributed by atoms with Crippen molar-refractivity contribution in [3.8, 4) is 0 Å². The molecule has 0 aliphatic rings. The van der Waals surface area contributed by atoms with Gasteiger partial charge in [0.05, 0.1) is 18.7 Å². The molecule has 0 radical (unpaired) electrons. The molecule has 3 rings (SSSR count). The number of halogens is 1. The zero-order valence-corrected chi connectivity index (χ0v) is 12.0. The van der Waals surface area contributed by atoms with Crippen molar-refractivity contribution < 1.29 is 4.79 Å². The Hall–Kier alpha value is -2.33. The van der Waals surface area contributed by atoms with E-state index in [4.69, 9.17) is 11.6 Å². The third kappa shape index (κ3) is 3.23. The minimum atomic E-state index is -0.0403. The zero-order chi connectivity index (χ0) is 14.7. The van der Waals surface area contributed by atoms with Crippen molar-refractivity contribution in [3.63, 3.8) is 0 Å². The second-order valence-electron chi connectivity index (χ2n) is 4.78. The summed E-state index contributed by atoms with van der Waals surface area (Å²) in [6.45, 7) is 0.433. The molecule has 21 heavy (non-hydrogen) atoms. The number of H-pyrrole nitrogens is 1. The molecule has 2 aromatic heterocycles. The maximum atomic E-state index is 12.0. The molecule has 0 aliphatic carbocycles. The molecule has 106 valence electrons. The highest BCUT2D eigenvalue weighted by Crippen LogP contribution is 2.22. The van der Waals surface area contributed by atoms with Crippen LogP contribution in [0.4, 0.5) is 0 Å². The lowest BCUT2D eigenvalue weighted by Gasteiger charge is -2.04. The average molecular weight is 300 g/mol. The Labute approximate surface area is 127 Å². The van der Waals surface area contributed by atoms with Gasteiger partial charge >= 0.3 is 0 Å². The third-order valence-electron chi connectivity index (χ3n) is 3.27. The van der Waals surface area contributed by atoms with E-state index in [-0.39, 0.29) is 5.91 Å². The van der Waals surface area contributed by atoms with E-state index in [0.717, 1.165) is 22.2 Å². The Morgan fingerprint density at radius 1 is 1.29 bits per heavy atom. The van der Waals surface area contributed by atoms with Gasteiger partial charge in [-0.3, -0.25) is 9.78 Å². The second-order valence-corrected chi connectivity index (χ2v) is 5.21. The highest BCUT2D eigenvalue weighted by Gasteiger charge is 2.09. The molecular weight excluding hydrogens is 286 g/mol. The summed E-state index contributed by atoms with van der Waals surface area (Å²) in [4.78, 5) is 19.3. The highest BCUT2D eigenvalue weighted by atomic mass is 35.5. The van der Waals surface area contributed by atoms with E-state index in [1.54, 1.807) is 6.20 Å². The van der Waals surface area contributed by atoms with Crippen LogP contribution >= 0.6 is 11.6 Å². The number of nitrogens with zero attached hydrogens (tertiary/aromatic N) is 1. The van der Waals surface area contributed by atoms with Crippen LogP contribution in [0.1, 0.15) is 11.3 Å². The van der Waals surface area contributed by atoms with E-state index in [1.807, 2.05) is 42.6 Å². The number of fused-ring (bicyclic) bond motifs is 1. The van der Waals surface area contributed by atoms with Crippen LogP contribution in [0, 0.1) is 0 Å². The van der Waals surface area contributed by atoms with Gasteiger partial charge in [0.2, 0.25) is 5.91 Å². The highest BCUT2D eigenvalue weighted by molar-refractivity contribution is 6.31. The molecule has 1 amide bonds. The molecule has 0 saturated carbocycles. The van der Waals surface area contributed by atoms with Crippen LogP contribution in [0.2, 0.25) is 5.02 Å². The van der Waals surface area contributed by atoms with Crippen LogP contribution in [0.15, 0.2) is 48.8 Å². The van der Waals surface area contributed by atoms with Crippen molar-refractivity contribution in [1.82, 2.24) is 15.3 Å². The molecule has 0 saturated heterocycles. The molecule has 0 bridgehead atoms. The molecule has 0 aliphatic heterocycles. The van der Waals surface area contributed by atoms with Crippen LogP contribution in [-0.4, -0.2) is 15.9 Å². The molecule has 2 N–H and O–H groups in total. The number of hydrogen-bond acceptors (Lipinski definition) is 2. The fourth-order valence-corrected chi connectivity index (χ4v) is 2.40. The number of pyridine rings is 1. The number of aromatic nitrogens is 2. The van der Waals surface area contributed by atoms with Gasteiger partial charge < -0.3 is 10.3 Å². The third-order valence-corrected chi connectivity index (χ3v) is 3.51. The topological polar surface area (TPSA) is 57.8 Å². The predicted molar refractivity (Wildman–Crippen MR) is 83.1 cm³/mol. The maximum absolute atomic E-state index is 12.0. The van der Waals surface area contributed by atoms with Crippen molar-refractivity contribution in [2.24, 2.45) is 0 Å². The average Bonchev–Trinajstić information content (AvgIpc) is 2.88. The van der Waals surface area contributed by atoms with E-state index in [9.17, 15) is 4.79 Å². The summed E-state index contributed by atoms with van der Waals surface area (Å²) < 4.78 is 0. The standard InChI is InChI=1S/C16H14ClN3O/c17-12-4-5-15-14(8-12)11(9-19-15)7-16(21)20-10-13-3-1-2-6-18-13/h1-6,8-9,19H,7,10H2,(H,20,21). The fraction of sp³-hybridized carbons (Fsp3) is 0.125. The Morgan fingerprint density at radius 3 is 3.00 bits per heavy atom. The summed E-state index contributed by atoms with van der Waals surface area (Å²) in [7, 11) is 0. The van der Waals surface area contributed by atoms with Gasteiger partial charge in [0, 0.05) is 28.3 Å². The minimum Gasteiger partial charge on any atom is -0.361 e. The predicted octanol–water partition coefficient (Wildman–Crippen LogP) is 3.08. The number of carbonyl (C=O) groups is 1. The van der Waals surface area contributed by atoms with E-state index < -0.39 is 0 Å². The molecule has 0 fully saturated rings. The molecule has 5 heteroatoms. The van der Waals surface area contributed by atoms with Gasteiger partial charge in [-0.25, -0.2) is 0 Å². The van der Waals surface area contributed by atoms with Crippen LogP contribution < -0.4 is 5.32 Å². The van der Waals surface area contributed by atoms with Crippen LogP contribution in [0.3, 0.4) is 0 Å². The molecule has 0 unspecified atom stereocenters. The largest absolute Gasteiger partial charge is 0.361 e. The van der Waals surface area contributed by atoms with Gasteiger partial charge in [-0.05, 0) is 35.9 Å². The Morgan fingerprint density at radius 2 is 2.19 bits per heavy atom. The van der Waals surface area contributed by atoms with Gasteiger partial charge in [0.1, 0.15) is 0 Å². The second kappa shape index (κ2) is 5.97. The Kier molecular flexibility index (Phi) is 3.88. The van der Waals surface area contributed by atoms with E-state index in [2.05, 4.69) is 15.3 Å². The van der Waals surface area contributed by atoms with Crippen LogP contribution in [-0.2, 0) is 17.8 Å². The smallest absolute Gasteiger partial charge is 0.224 e. The van der Waals surface area contributed by atoms with E-state index in [1.165, 1.54) is 0 Å². The van der Waals surface area contributed by atoms with Crippen molar-refractivity contribution in [3.05, 3.63) is 65.1 Å². The first-order valence-electron chi connectivity index (χ1n) is 6.64. The van der Waals surface area contributed by atoms with E-state index in [0.29, 0.717) is 18.0 Å². The summed E-state index contributed by atoms with van der Waals surface area (Å²) in [6.07, 6.45) is 3.87. The quantitative estimate of drug-likeness (QED) is 0.778. The first-order valence-corrected chi connectivity index (χ1v) is 7.02. The number of rotatable bonds is 4. The number of carbonyl (C=O) groups excluding carboxylic acids is 1. The lowest BCUT2D eigenvalue weighted by Crippen LogP contribution is -2.24. The number of aromatic amines is 1. The lowest BCUT2D eigenvalue weighted by molar-refractivity contribution is -0.120. The zero-order valence-electron chi connectivity index (χ0n) is 11.3. The van der Waals surface area contributed by atoms with Crippen molar-refractivity contribution in [2.75, 3.05) is 0 Å². The van der Waals surface area contributed by atoms with Gasteiger partial charge in [0.25, 0.3) is 0 Å². The Bertz CT molecular complexity index is 768. The lowest BCUT2D eigenvalue weighted by atomic mass is 10.1. The summed E-state index contributed by atoms with van der Waals surface area (Å²) in [5.41, 5.74) is 2.76. The first kappa shape index (κ1) is 13.6. The van der Waals surface area contributed by atoms with Gasteiger partial charge in [-0.1, -0.05) is 17.7 Å². The van der Waals surface area contributed by atoms with Crippen molar-refractivity contribution >= 4 is 28.4 Å². The molecule has 0 atom stereocenters. The fourth-order valence-electron chi connectivity index (χ4n) is 2.22. The summed E-state index contributed by atoms with van der Waals surface area (Å²) in [5, 5.41) is 4.51.